The number of anilines is 1. The van der Waals surface area contributed by atoms with Crippen molar-refractivity contribution in [3.63, 3.8) is 0 Å². The Kier molecular flexibility index (Phi) is 2.48. The Bertz CT molecular complexity index is 418. The average molecular weight is 228 g/mol. The molecule has 0 aromatic carbocycles. The summed E-state index contributed by atoms with van der Waals surface area (Å²) in [7, 11) is 1.27. The number of hydrogen-bond donors (Lipinski definition) is 1. The molecule has 6 heteroatoms. The molecular formula is C9H10ClN3O2. The van der Waals surface area contributed by atoms with Crippen LogP contribution < -0.4 is 5.73 Å². The van der Waals surface area contributed by atoms with Gasteiger partial charge in [0, 0.05) is 5.92 Å². The number of nitrogens with two attached hydrogens (primary N) is 1. The van der Waals surface area contributed by atoms with E-state index < -0.39 is 5.97 Å². The fraction of sp³-hybridized carbons (Fsp3) is 0.444. The Morgan fingerprint density at radius 1 is 1.53 bits per heavy atom. The second kappa shape index (κ2) is 3.66. The summed E-state index contributed by atoms with van der Waals surface area (Å²) >= 11 is 5.71. The lowest BCUT2D eigenvalue weighted by atomic mass is 10.2. The van der Waals surface area contributed by atoms with Crippen LogP contribution in [-0.2, 0) is 4.74 Å². The van der Waals surface area contributed by atoms with E-state index in [2.05, 4.69) is 14.7 Å². The Labute approximate surface area is 91.6 Å². The van der Waals surface area contributed by atoms with E-state index >= 15 is 0 Å². The van der Waals surface area contributed by atoms with Crippen molar-refractivity contribution >= 4 is 23.3 Å². The highest BCUT2D eigenvalue weighted by Crippen LogP contribution is 2.42. The van der Waals surface area contributed by atoms with Gasteiger partial charge in [-0.2, -0.15) is 0 Å². The van der Waals surface area contributed by atoms with Crippen molar-refractivity contribution in [2.24, 2.45) is 0 Å². The van der Waals surface area contributed by atoms with Crippen LogP contribution in [0.2, 0.25) is 5.28 Å². The minimum absolute atomic E-state index is 0.0338. The van der Waals surface area contributed by atoms with Crippen molar-refractivity contribution in [1.82, 2.24) is 9.97 Å². The molecule has 1 aromatic rings. The number of aromatic nitrogens is 2. The summed E-state index contributed by atoms with van der Waals surface area (Å²) < 4.78 is 4.56. The van der Waals surface area contributed by atoms with Gasteiger partial charge in [0.1, 0.15) is 0 Å². The summed E-state index contributed by atoms with van der Waals surface area (Å²) in [5.41, 5.74) is 6.79. The highest BCUT2D eigenvalue weighted by Gasteiger charge is 2.30. The van der Waals surface area contributed by atoms with Crippen molar-refractivity contribution in [3.05, 3.63) is 16.7 Å². The average Bonchev–Trinajstić information content (AvgIpc) is 3.03. The Hall–Kier alpha value is -1.36. The van der Waals surface area contributed by atoms with Crippen LogP contribution in [0.15, 0.2) is 0 Å². The van der Waals surface area contributed by atoms with Gasteiger partial charge in [-0.25, -0.2) is 14.8 Å². The van der Waals surface area contributed by atoms with E-state index in [1.54, 1.807) is 0 Å². The molecule has 1 aliphatic carbocycles. The lowest BCUT2D eigenvalue weighted by Crippen LogP contribution is -2.12. The zero-order chi connectivity index (χ0) is 11.0. The first-order chi connectivity index (χ1) is 7.13. The standard InChI is InChI=1S/C9H10ClN3O2/c1-15-8(14)7-5(11)6(4-2-3-4)12-9(10)13-7/h4H,2-3,11H2,1H3. The molecule has 0 atom stereocenters. The summed E-state index contributed by atoms with van der Waals surface area (Å²) in [5.74, 6) is -0.271. The summed E-state index contributed by atoms with van der Waals surface area (Å²) in [4.78, 5) is 19.1. The Morgan fingerprint density at radius 2 is 2.20 bits per heavy atom. The van der Waals surface area contributed by atoms with Crippen molar-refractivity contribution in [3.8, 4) is 0 Å². The molecule has 15 heavy (non-hydrogen) atoms. The van der Waals surface area contributed by atoms with E-state index in [4.69, 9.17) is 17.3 Å². The van der Waals surface area contributed by atoms with E-state index in [9.17, 15) is 4.79 Å². The number of carbonyl (C=O) groups is 1. The SMILES string of the molecule is COC(=O)c1nc(Cl)nc(C2CC2)c1N. The van der Waals surface area contributed by atoms with E-state index in [1.165, 1.54) is 7.11 Å². The van der Waals surface area contributed by atoms with Crippen molar-refractivity contribution in [2.45, 2.75) is 18.8 Å². The highest BCUT2D eigenvalue weighted by atomic mass is 35.5. The van der Waals surface area contributed by atoms with E-state index in [-0.39, 0.29) is 16.7 Å². The Balaban J connectivity index is 2.49. The topological polar surface area (TPSA) is 78.1 Å². The first kappa shape index (κ1) is 10.2. The number of esters is 1. The van der Waals surface area contributed by atoms with Gasteiger partial charge in [0.15, 0.2) is 5.69 Å². The monoisotopic (exact) mass is 227 g/mol. The van der Waals surface area contributed by atoms with Gasteiger partial charge < -0.3 is 10.5 Å². The van der Waals surface area contributed by atoms with Crippen LogP contribution >= 0.6 is 11.6 Å². The van der Waals surface area contributed by atoms with Gasteiger partial charge in [-0.15, -0.1) is 0 Å². The second-order valence-electron chi connectivity index (χ2n) is 3.41. The molecule has 1 aliphatic rings. The third kappa shape index (κ3) is 1.87. The molecule has 1 aromatic heterocycles. The van der Waals surface area contributed by atoms with E-state index in [0.717, 1.165) is 12.8 Å². The molecule has 2 N–H and O–H groups in total. The van der Waals surface area contributed by atoms with Crippen LogP contribution in [0.3, 0.4) is 0 Å². The smallest absolute Gasteiger partial charge is 0.359 e. The second-order valence-corrected chi connectivity index (χ2v) is 3.74. The summed E-state index contributed by atoms with van der Waals surface area (Å²) in [6, 6.07) is 0. The van der Waals surface area contributed by atoms with Gasteiger partial charge in [-0.3, -0.25) is 0 Å². The predicted octanol–water partition coefficient (Wildman–Crippen LogP) is 1.38. The minimum Gasteiger partial charge on any atom is -0.464 e. The van der Waals surface area contributed by atoms with E-state index in [1.807, 2.05) is 0 Å². The van der Waals surface area contributed by atoms with Crippen molar-refractivity contribution in [1.29, 1.82) is 0 Å². The van der Waals surface area contributed by atoms with Crippen LogP contribution in [-0.4, -0.2) is 23.0 Å². The van der Waals surface area contributed by atoms with Crippen LogP contribution in [0.5, 0.6) is 0 Å². The predicted molar refractivity (Wildman–Crippen MR) is 54.8 cm³/mol. The molecule has 2 rings (SSSR count). The van der Waals surface area contributed by atoms with Gasteiger partial charge in [-0.1, -0.05) is 0 Å². The van der Waals surface area contributed by atoms with E-state index in [0.29, 0.717) is 11.6 Å². The molecule has 0 amide bonds. The third-order valence-corrected chi connectivity index (χ3v) is 2.46. The number of hydrogen-bond acceptors (Lipinski definition) is 5. The van der Waals surface area contributed by atoms with Gasteiger partial charge in [0.05, 0.1) is 18.5 Å². The molecule has 0 aliphatic heterocycles. The number of rotatable bonds is 2. The first-order valence-corrected chi connectivity index (χ1v) is 4.92. The minimum atomic E-state index is -0.585. The van der Waals surface area contributed by atoms with Gasteiger partial charge in [0.25, 0.3) is 0 Å². The fourth-order valence-corrected chi connectivity index (χ4v) is 1.55. The number of carbonyl (C=O) groups excluding carboxylic acids is 1. The molecule has 1 saturated carbocycles. The number of nitrogens with zero attached hydrogens (tertiary/aromatic N) is 2. The maximum Gasteiger partial charge on any atom is 0.359 e. The van der Waals surface area contributed by atoms with Gasteiger partial charge >= 0.3 is 5.97 Å². The van der Waals surface area contributed by atoms with Crippen LogP contribution in [0.25, 0.3) is 0 Å². The maximum absolute atomic E-state index is 11.3. The van der Waals surface area contributed by atoms with Crippen molar-refractivity contribution in [2.75, 3.05) is 12.8 Å². The molecule has 0 saturated heterocycles. The number of ether oxygens (including phenoxy) is 1. The molecule has 80 valence electrons. The molecule has 0 radical (unpaired) electrons. The summed E-state index contributed by atoms with van der Waals surface area (Å²) in [5, 5.41) is 0.0338. The zero-order valence-corrected chi connectivity index (χ0v) is 8.91. The number of nitrogen functional groups attached to an aromatic ring is 1. The summed E-state index contributed by atoms with van der Waals surface area (Å²) in [6.45, 7) is 0. The van der Waals surface area contributed by atoms with Crippen LogP contribution in [0.4, 0.5) is 5.69 Å². The molecule has 0 bridgehead atoms. The quantitative estimate of drug-likeness (QED) is 0.610. The van der Waals surface area contributed by atoms with Crippen molar-refractivity contribution < 1.29 is 9.53 Å². The largest absolute Gasteiger partial charge is 0.464 e. The molecule has 1 fully saturated rings. The number of halogens is 1. The zero-order valence-electron chi connectivity index (χ0n) is 8.16. The van der Waals surface area contributed by atoms with Crippen LogP contribution in [0, 0.1) is 0 Å². The van der Waals surface area contributed by atoms with Gasteiger partial charge in [-0.05, 0) is 24.4 Å². The lowest BCUT2D eigenvalue weighted by Gasteiger charge is -2.07. The number of methoxy groups -OCH3 is 1. The Morgan fingerprint density at radius 3 is 2.73 bits per heavy atom. The molecular weight excluding hydrogens is 218 g/mol. The normalized spacial score (nSPS) is 15.1. The summed E-state index contributed by atoms with van der Waals surface area (Å²) in [6.07, 6.45) is 2.05. The lowest BCUT2D eigenvalue weighted by molar-refractivity contribution is 0.0595. The maximum atomic E-state index is 11.3. The molecule has 1 heterocycles. The molecule has 0 spiro atoms. The molecule has 5 nitrogen and oxygen atoms in total. The highest BCUT2D eigenvalue weighted by molar-refractivity contribution is 6.28. The molecule has 0 unspecified atom stereocenters. The fourth-order valence-electron chi connectivity index (χ4n) is 1.38. The first-order valence-electron chi connectivity index (χ1n) is 4.54. The van der Waals surface area contributed by atoms with Crippen LogP contribution in [0.1, 0.15) is 34.9 Å². The van der Waals surface area contributed by atoms with Gasteiger partial charge in [0.2, 0.25) is 5.28 Å². The third-order valence-electron chi connectivity index (χ3n) is 2.29.